The fourth-order valence-corrected chi connectivity index (χ4v) is 4.26. The molecular formula is C18H20N4OS2. The van der Waals surface area contributed by atoms with Crippen LogP contribution in [0.25, 0.3) is 11.3 Å². The lowest BCUT2D eigenvalue weighted by molar-refractivity contribution is -0.113. The summed E-state index contributed by atoms with van der Waals surface area (Å²) in [5, 5.41) is 6.31. The first-order chi connectivity index (χ1) is 11.9. The van der Waals surface area contributed by atoms with Crippen molar-refractivity contribution in [1.82, 2.24) is 14.5 Å². The standard InChI is InChI=1S/C18H20N4OS2/c1-11-7-12(2)16(13(3)8-11)14-9-24-17(20-14)21-15(23)10-25-18-19-5-6-22(18)4/h5-9H,10H2,1-4H3,(H,20,21,23). The highest BCUT2D eigenvalue weighted by molar-refractivity contribution is 7.99. The van der Waals surface area contributed by atoms with Gasteiger partial charge in [-0.2, -0.15) is 0 Å². The maximum atomic E-state index is 12.1. The van der Waals surface area contributed by atoms with Gasteiger partial charge in [0.05, 0.1) is 11.4 Å². The number of hydrogen-bond acceptors (Lipinski definition) is 5. The van der Waals surface area contributed by atoms with Gasteiger partial charge in [0, 0.05) is 30.4 Å². The lowest BCUT2D eigenvalue weighted by atomic mass is 9.98. The molecule has 5 nitrogen and oxygen atoms in total. The van der Waals surface area contributed by atoms with Crippen LogP contribution >= 0.6 is 23.1 Å². The van der Waals surface area contributed by atoms with E-state index in [0.29, 0.717) is 10.9 Å². The number of aryl methyl sites for hydroxylation is 4. The van der Waals surface area contributed by atoms with Crippen molar-refractivity contribution in [3.63, 3.8) is 0 Å². The zero-order valence-corrected chi connectivity index (χ0v) is 16.3. The summed E-state index contributed by atoms with van der Waals surface area (Å²) in [5.74, 6) is 0.230. The molecule has 0 saturated carbocycles. The van der Waals surface area contributed by atoms with Crippen LogP contribution in [-0.2, 0) is 11.8 Å². The molecule has 3 aromatic rings. The average molecular weight is 373 g/mol. The zero-order valence-electron chi connectivity index (χ0n) is 14.7. The van der Waals surface area contributed by atoms with Crippen LogP contribution in [0.3, 0.4) is 0 Å². The Bertz CT molecular complexity index is 890. The maximum Gasteiger partial charge on any atom is 0.236 e. The Balaban J connectivity index is 1.68. The molecule has 7 heteroatoms. The highest BCUT2D eigenvalue weighted by Crippen LogP contribution is 2.31. The average Bonchev–Trinajstić information content (AvgIpc) is 3.13. The van der Waals surface area contributed by atoms with Crippen molar-refractivity contribution in [3.8, 4) is 11.3 Å². The van der Waals surface area contributed by atoms with Crippen molar-refractivity contribution in [1.29, 1.82) is 0 Å². The Kier molecular flexibility index (Phi) is 5.24. The molecule has 0 unspecified atom stereocenters. The molecule has 0 aliphatic carbocycles. The van der Waals surface area contributed by atoms with Crippen molar-refractivity contribution in [2.75, 3.05) is 11.1 Å². The number of hydrogen-bond donors (Lipinski definition) is 1. The first-order valence-electron chi connectivity index (χ1n) is 7.88. The fraction of sp³-hybridized carbons (Fsp3) is 0.278. The number of nitrogens with one attached hydrogen (secondary N) is 1. The van der Waals surface area contributed by atoms with E-state index in [1.165, 1.54) is 39.8 Å². The Labute approximate surface area is 155 Å². The van der Waals surface area contributed by atoms with E-state index in [9.17, 15) is 4.79 Å². The van der Waals surface area contributed by atoms with Gasteiger partial charge in [-0.25, -0.2) is 9.97 Å². The second kappa shape index (κ2) is 7.41. The second-order valence-electron chi connectivity index (χ2n) is 5.97. The van der Waals surface area contributed by atoms with Gasteiger partial charge in [-0.3, -0.25) is 4.79 Å². The number of thiazole rings is 1. The van der Waals surface area contributed by atoms with E-state index in [4.69, 9.17) is 0 Å². The molecule has 0 spiro atoms. The first kappa shape index (κ1) is 17.7. The summed E-state index contributed by atoms with van der Waals surface area (Å²) in [7, 11) is 1.91. The zero-order chi connectivity index (χ0) is 18.0. The highest BCUT2D eigenvalue weighted by Gasteiger charge is 2.13. The van der Waals surface area contributed by atoms with E-state index in [-0.39, 0.29) is 5.91 Å². The molecule has 0 radical (unpaired) electrons. The molecule has 130 valence electrons. The lowest BCUT2D eigenvalue weighted by Gasteiger charge is -2.08. The van der Waals surface area contributed by atoms with Gasteiger partial charge >= 0.3 is 0 Å². The van der Waals surface area contributed by atoms with Gasteiger partial charge in [-0.05, 0) is 31.9 Å². The molecule has 1 N–H and O–H groups in total. The predicted molar refractivity (Wildman–Crippen MR) is 104 cm³/mol. The van der Waals surface area contributed by atoms with E-state index >= 15 is 0 Å². The minimum absolute atomic E-state index is 0.0775. The van der Waals surface area contributed by atoms with Crippen LogP contribution in [0.15, 0.2) is 35.1 Å². The number of benzene rings is 1. The number of aromatic nitrogens is 3. The number of thioether (sulfide) groups is 1. The molecular weight excluding hydrogens is 352 g/mol. The number of imidazole rings is 1. The fourth-order valence-electron chi connectivity index (χ4n) is 2.81. The molecule has 2 aromatic heterocycles. The Morgan fingerprint density at radius 1 is 1.28 bits per heavy atom. The summed E-state index contributed by atoms with van der Waals surface area (Å²) >= 11 is 2.86. The SMILES string of the molecule is Cc1cc(C)c(-c2csc(NC(=O)CSc3nccn3C)n2)c(C)c1. The van der Waals surface area contributed by atoms with Crippen molar-refractivity contribution in [2.24, 2.45) is 7.05 Å². The minimum Gasteiger partial charge on any atom is -0.329 e. The molecule has 2 heterocycles. The Hall–Kier alpha value is -2.12. The van der Waals surface area contributed by atoms with Crippen LogP contribution in [0.2, 0.25) is 0 Å². The number of carbonyl (C=O) groups excluding carboxylic acids is 1. The van der Waals surface area contributed by atoms with E-state index < -0.39 is 0 Å². The van der Waals surface area contributed by atoms with Gasteiger partial charge in [0.15, 0.2) is 10.3 Å². The van der Waals surface area contributed by atoms with Gasteiger partial charge in [0.1, 0.15) is 0 Å². The smallest absolute Gasteiger partial charge is 0.236 e. The maximum absolute atomic E-state index is 12.1. The topological polar surface area (TPSA) is 59.8 Å². The van der Waals surface area contributed by atoms with Gasteiger partial charge < -0.3 is 9.88 Å². The third-order valence-corrected chi connectivity index (χ3v) is 5.61. The van der Waals surface area contributed by atoms with Crippen LogP contribution in [0, 0.1) is 20.8 Å². The molecule has 1 aromatic carbocycles. The normalized spacial score (nSPS) is 10.9. The number of anilines is 1. The van der Waals surface area contributed by atoms with Crippen molar-refractivity contribution in [2.45, 2.75) is 25.9 Å². The molecule has 0 fully saturated rings. The van der Waals surface area contributed by atoms with Crippen LogP contribution < -0.4 is 5.32 Å². The third-order valence-electron chi connectivity index (χ3n) is 3.79. The largest absolute Gasteiger partial charge is 0.329 e. The molecule has 1 amide bonds. The predicted octanol–water partition coefficient (Wildman–Crippen LogP) is 4.20. The molecule has 0 saturated heterocycles. The third kappa shape index (κ3) is 4.11. The van der Waals surface area contributed by atoms with E-state index in [1.54, 1.807) is 6.20 Å². The van der Waals surface area contributed by atoms with Gasteiger partial charge in [0.2, 0.25) is 5.91 Å². The molecule has 0 aliphatic heterocycles. The van der Waals surface area contributed by atoms with E-state index in [1.807, 2.05) is 23.2 Å². The Morgan fingerprint density at radius 2 is 2.00 bits per heavy atom. The van der Waals surface area contributed by atoms with Gasteiger partial charge in [0.25, 0.3) is 0 Å². The van der Waals surface area contributed by atoms with E-state index in [0.717, 1.165) is 16.4 Å². The number of nitrogens with zero attached hydrogens (tertiary/aromatic N) is 3. The molecule has 0 aliphatic rings. The Morgan fingerprint density at radius 3 is 2.64 bits per heavy atom. The van der Waals surface area contributed by atoms with Gasteiger partial charge in [-0.1, -0.05) is 29.5 Å². The summed E-state index contributed by atoms with van der Waals surface area (Å²) in [5.41, 5.74) is 5.70. The first-order valence-corrected chi connectivity index (χ1v) is 9.74. The highest BCUT2D eigenvalue weighted by atomic mass is 32.2. The number of amides is 1. The molecule has 0 bridgehead atoms. The van der Waals surface area contributed by atoms with Crippen molar-refractivity contribution in [3.05, 3.63) is 46.6 Å². The van der Waals surface area contributed by atoms with Crippen LogP contribution in [0.1, 0.15) is 16.7 Å². The summed E-state index contributed by atoms with van der Waals surface area (Å²) in [4.78, 5) is 20.9. The molecule has 25 heavy (non-hydrogen) atoms. The van der Waals surface area contributed by atoms with Crippen molar-refractivity contribution < 1.29 is 4.79 Å². The van der Waals surface area contributed by atoms with E-state index in [2.05, 4.69) is 48.2 Å². The van der Waals surface area contributed by atoms with Gasteiger partial charge in [-0.15, -0.1) is 11.3 Å². The van der Waals surface area contributed by atoms with Crippen LogP contribution in [0.4, 0.5) is 5.13 Å². The summed E-state index contributed by atoms with van der Waals surface area (Å²) in [6.07, 6.45) is 3.58. The molecule has 3 rings (SSSR count). The number of rotatable bonds is 5. The minimum atomic E-state index is -0.0775. The van der Waals surface area contributed by atoms with Crippen molar-refractivity contribution >= 4 is 34.1 Å². The lowest BCUT2D eigenvalue weighted by Crippen LogP contribution is -2.14. The van der Waals surface area contributed by atoms with Crippen LogP contribution in [0.5, 0.6) is 0 Å². The summed E-state index contributed by atoms with van der Waals surface area (Å²) in [6.45, 7) is 6.28. The summed E-state index contributed by atoms with van der Waals surface area (Å²) < 4.78 is 1.89. The monoisotopic (exact) mass is 372 g/mol. The second-order valence-corrected chi connectivity index (χ2v) is 7.77. The quantitative estimate of drug-likeness (QED) is 0.682. The number of carbonyl (C=O) groups is 1. The molecule has 0 atom stereocenters. The summed E-state index contributed by atoms with van der Waals surface area (Å²) in [6, 6.07) is 4.31. The van der Waals surface area contributed by atoms with Crippen LogP contribution in [-0.4, -0.2) is 26.2 Å².